The van der Waals surface area contributed by atoms with Gasteiger partial charge in [-0.05, 0) is 47.9 Å². The van der Waals surface area contributed by atoms with E-state index in [0.717, 1.165) is 23.8 Å². The first-order valence-electron chi connectivity index (χ1n) is 6.86. The molecule has 25 heavy (non-hydrogen) atoms. The Kier molecular flexibility index (Phi) is 5.08. The van der Waals surface area contributed by atoms with Gasteiger partial charge in [0.25, 0.3) is 0 Å². The number of hydrogen-bond donors (Lipinski definition) is 3. The normalized spacial score (nSPS) is 10.5. The summed E-state index contributed by atoms with van der Waals surface area (Å²) in [5.41, 5.74) is 0.911. The second-order valence-electron chi connectivity index (χ2n) is 4.84. The molecule has 0 radical (unpaired) electrons. The second kappa shape index (κ2) is 7.26. The van der Waals surface area contributed by atoms with Crippen LogP contribution in [0.2, 0.25) is 10.0 Å². The predicted octanol–water partition coefficient (Wildman–Crippen LogP) is 5.83. The third-order valence-corrected chi connectivity index (χ3v) is 4.52. The van der Waals surface area contributed by atoms with E-state index in [9.17, 15) is 9.50 Å². The molecule has 0 aliphatic rings. The largest absolute Gasteiger partial charge is 0.492 e. The Morgan fingerprint density at radius 2 is 1.84 bits per heavy atom. The summed E-state index contributed by atoms with van der Waals surface area (Å²) in [6.45, 7) is 0. The maximum Gasteiger partial charge on any atom is 0.233 e. The molecule has 1 heterocycles. The molecule has 5 nitrogen and oxygen atoms in total. The van der Waals surface area contributed by atoms with Crippen LogP contribution in [0.3, 0.4) is 0 Å². The molecule has 0 aliphatic heterocycles. The van der Waals surface area contributed by atoms with Crippen molar-refractivity contribution < 1.29 is 14.2 Å². The molecule has 0 spiro atoms. The van der Waals surface area contributed by atoms with Crippen LogP contribution < -0.4 is 10.1 Å². The maximum absolute atomic E-state index is 13.1. The maximum atomic E-state index is 13.1. The molecule has 0 bridgehead atoms. The lowest BCUT2D eigenvalue weighted by molar-refractivity contribution is 0.459. The van der Waals surface area contributed by atoms with Crippen molar-refractivity contribution in [1.82, 2.24) is 4.37 Å². The summed E-state index contributed by atoms with van der Waals surface area (Å²) in [5.74, 6) is -0.0402. The molecule has 0 atom stereocenters. The van der Waals surface area contributed by atoms with Gasteiger partial charge >= 0.3 is 0 Å². The quantitative estimate of drug-likeness (QED) is 0.473. The van der Waals surface area contributed by atoms with Crippen LogP contribution in [0.4, 0.5) is 15.1 Å². The van der Waals surface area contributed by atoms with Gasteiger partial charge in [-0.15, -0.1) is 0 Å². The summed E-state index contributed by atoms with van der Waals surface area (Å²) >= 11 is 13.2. The molecule has 0 saturated carbocycles. The molecule has 2 aromatic carbocycles. The van der Waals surface area contributed by atoms with Crippen molar-refractivity contribution in [3.05, 3.63) is 57.8 Å². The number of anilines is 2. The average molecular weight is 398 g/mol. The van der Waals surface area contributed by atoms with Crippen LogP contribution in [0, 0.1) is 11.2 Å². The minimum absolute atomic E-state index is 0.133. The lowest BCUT2D eigenvalue weighted by Crippen LogP contribution is -1.93. The van der Waals surface area contributed by atoms with Crippen molar-refractivity contribution in [2.24, 2.45) is 0 Å². The summed E-state index contributed by atoms with van der Waals surface area (Å²) in [5, 5.41) is 20.8. The Morgan fingerprint density at radius 1 is 1.16 bits per heavy atom. The zero-order valence-electron chi connectivity index (χ0n) is 12.4. The van der Waals surface area contributed by atoms with Gasteiger partial charge in [0.05, 0.1) is 15.6 Å². The van der Waals surface area contributed by atoms with E-state index in [1.54, 1.807) is 18.2 Å². The Bertz CT molecular complexity index is 949. The molecular formula is C16H10Cl2FN3O2S. The number of aromatic nitrogens is 1. The van der Waals surface area contributed by atoms with E-state index in [1.807, 2.05) is 0 Å². The van der Waals surface area contributed by atoms with Crippen molar-refractivity contribution in [3.63, 3.8) is 0 Å². The number of rotatable bonds is 5. The molecule has 9 heteroatoms. The summed E-state index contributed by atoms with van der Waals surface area (Å²) in [7, 11) is 0. The predicted molar refractivity (Wildman–Crippen MR) is 97.9 cm³/mol. The number of hydrogen-bond acceptors (Lipinski definition) is 6. The molecule has 3 rings (SSSR count). The molecule has 0 fully saturated rings. The van der Waals surface area contributed by atoms with Crippen molar-refractivity contribution in [2.45, 2.75) is 0 Å². The van der Waals surface area contributed by atoms with Crippen LogP contribution in [0.15, 0.2) is 36.4 Å². The molecule has 0 aliphatic carbocycles. The van der Waals surface area contributed by atoms with Crippen molar-refractivity contribution >= 4 is 51.6 Å². The summed E-state index contributed by atoms with van der Waals surface area (Å²) < 4.78 is 22.5. The van der Waals surface area contributed by atoms with Crippen molar-refractivity contribution in [3.8, 4) is 17.4 Å². The van der Waals surface area contributed by atoms with E-state index in [-0.39, 0.29) is 16.7 Å². The van der Waals surface area contributed by atoms with Crippen LogP contribution >= 0.6 is 34.7 Å². The standard InChI is InChI=1S/C16H10Cl2FN3O2S/c17-11-5-8(19)1-3-13(11)24-14-4-2-9(6-12(14)18)21-16-10(7-20)15(23)22-25-16/h1-7,20-21H,(H,22,23). The van der Waals surface area contributed by atoms with Gasteiger partial charge in [0.15, 0.2) is 0 Å². The first-order valence-corrected chi connectivity index (χ1v) is 8.39. The summed E-state index contributed by atoms with van der Waals surface area (Å²) in [4.78, 5) is 0. The van der Waals surface area contributed by atoms with Gasteiger partial charge < -0.3 is 20.6 Å². The van der Waals surface area contributed by atoms with Gasteiger partial charge in [-0.1, -0.05) is 23.2 Å². The molecular weight excluding hydrogens is 388 g/mol. The molecule has 0 saturated heterocycles. The van der Waals surface area contributed by atoms with Crippen LogP contribution in [0.25, 0.3) is 0 Å². The van der Waals surface area contributed by atoms with Gasteiger partial charge in [-0.25, -0.2) is 4.39 Å². The monoisotopic (exact) mass is 397 g/mol. The fraction of sp³-hybridized carbons (Fsp3) is 0. The SMILES string of the molecule is N=Cc1c(O)nsc1Nc1ccc(Oc2ccc(F)cc2Cl)c(Cl)c1. The van der Waals surface area contributed by atoms with E-state index in [2.05, 4.69) is 9.69 Å². The van der Waals surface area contributed by atoms with Gasteiger partial charge in [-0.2, -0.15) is 4.37 Å². The van der Waals surface area contributed by atoms with E-state index in [0.29, 0.717) is 27.0 Å². The van der Waals surface area contributed by atoms with Crippen LogP contribution in [-0.4, -0.2) is 15.7 Å². The number of nitrogens with one attached hydrogen (secondary N) is 2. The van der Waals surface area contributed by atoms with E-state index < -0.39 is 5.82 Å². The van der Waals surface area contributed by atoms with E-state index in [4.69, 9.17) is 33.3 Å². The number of ether oxygens (including phenoxy) is 1. The van der Waals surface area contributed by atoms with Crippen LogP contribution in [-0.2, 0) is 0 Å². The smallest absolute Gasteiger partial charge is 0.233 e. The number of aromatic hydroxyl groups is 1. The highest BCUT2D eigenvalue weighted by Gasteiger charge is 2.13. The minimum atomic E-state index is -0.460. The molecule has 3 aromatic rings. The van der Waals surface area contributed by atoms with Crippen molar-refractivity contribution in [1.29, 1.82) is 5.41 Å². The average Bonchev–Trinajstić information content (AvgIpc) is 2.92. The highest BCUT2D eigenvalue weighted by atomic mass is 35.5. The van der Waals surface area contributed by atoms with E-state index >= 15 is 0 Å². The van der Waals surface area contributed by atoms with Crippen LogP contribution in [0.1, 0.15) is 5.56 Å². The van der Waals surface area contributed by atoms with Crippen molar-refractivity contribution in [2.75, 3.05) is 5.32 Å². The second-order valence-corrected chi connectivity index (χ2v) is 6.43. The molecule has 3 N–H and O–H groups in total. The Hall–Kier alpha value is -2.35. The molecule has 1 aromatic heterocycles. The highest BCUT2D eigenvalue weighted by Crippen LogP contribution is 2.37. The molecule has 128 valence electrons. The zero-order chi connectivity index (χ0) is 18.0. The third kappa shape index (κ3) is 3.84. The Balaban J connectivity index is 1.82. The first-order chi connectivity index (χ1) is 12.0. The molecule has 0 unspecified atom stereocenters. The fourth-order valence-corrected chi connectivity index (χ4v) is 3.09. The van der Waals surface area contributed by atoms with E-state index in [1.165, 1.54) is 12.1 Å². The van der Waals surface area contributed by atoms with Gasteiger partial charge in [0, 0.05) is 11.9 Å². The zero-order valence-corrected chi connectivity index (χ0v) is 14.7. The first kappa shape index (κ1) is 17.5. The number of benzene rings is 2. The Labute approximate surface area is 156 Å². The fourth-order valence-electron chi connectivity index (χ4n) is 1.98. The number of nitrogens with zero attached hydrogens (tertiary/aromatic N) is 1. The lowest BCUT2D eigenvalue weighted by Gasteiger charge is -2.11. The Morgan fingerprint density at radius 3 is 2.48 bits per heavy atom. The van der Waals surface area contributed by atoms with Gasteiger partial charge in [-0.3, -0.25) is 0 Å². The summed E-state index contributed by atoms with van der Waals surface area (Å²) in [6.07, 6.45) is 1.01. The number of halogens is 3. The summed E-state index contributed by atoms with van der Waals surface area (Å²) in [6, 6.07) is 8.73. The third-order valence-electron chi connectivity index (χ3n) is 3.16. The minimum Gasteiger partial charge on any atom is -0.492 e. The molecule has 0 amide bonds. The topological polar surface area (TPSA) is 78.2 Å². The van der Waals surface area contributed by atoms with Crippen LogP contribution in [0.5, 0.6) is 17.4 Å². The van der Waals surface area contributed by atoms with Gasteiger partial charge in [0.2, 0.25) is 5.88 Å². The lowest BCUT2D eigenvalue weighted by atomic mass is 10.2. The highest BCUT2D eigenvalue weighted by molar-refractivity contribution is 7.10. The van der Waals surface area contributed by atoms with Gasteiger partial charge in [0.1, 0.15) is 22.3 Å².